The van der Waals surface area contributed by atoms with E-state index in [-0.39, 0.29) is 0 Å². The molecule has 14 heavy (non-hydrogen) atoms. The van der Waals surface area contributed by atoms with Crippen molar-refractivity contribution >= 4 is 22.6 Å². The van der Waals surface area contributed by atoms with E-state index in [1.807, 2.05) is 11.8 Å². The van der Waals surface area contributed by atoms with Crippen molar-refractivity contribution in [1.29, 1.82) is 0 Å². The Hall–Kier alpha value is 0.460. The third kappa shape index (κ3) is 5.37. The Morgan fingerprint density at radius 1 is 1.64 bits per heavy atom. The summed E-state index contributed by atoms with van der Waals surface area (Å²) in [6.45, 7) is 2.20. The first-order valence-electron chi connectivity index (χ1n) is 5.32. The summed E-state index contributed by atoms with van der Waals surface area (Å²) in [4.78, 5) is 0. The molecule has 4 heteroatoms. The number of hydrogen-bond acceptors (Lipinski definition) is 3. The molecule has 0 aromatic carbocycles. The molecule has 0 amide bonds. The molecule has 1 rings (SSSR count). The molecule has 1 N–H and O–H groups in total. The van der Waals surface area contributed by atoms with Crippen LogP contribution >= 0.6 is 11.8 Å². The number of hydrogen-bond donors (Lipinski definition) is 1. The Morgan fingerprint density at radius 3 is 3.00 bits per heavy atom. The summed E-state index contributed by atoms with van der Waals surface area (Å²) in [6, 6.07) is 1.21. The van der Waals surface area contributed by atoms with Gasteiger partial charge in [-0.1, -0.05) is 0 Å². The summed E-state index contributed by atoms with van der Waals surface area (Å²) in [5.74, 6) is 3.40. The third-order valence-electron chi connectivity index (χ3n) is 2.52. The van der Waals surface area contributed by atoms with Gasteiger partial charge in [0.2, 0.25) is 0 Å². The predicted octanol–water partition coefficient (Wildman–Crippen LogP) is 1.63. The SMILES string of the molecule is CC(CCS(C)=O)NC1CCCSC1. The summed E-state index contributed by atoms with van der Waals surface area (Å²) in [6.07, 6.45) is 5.47. The van der Waals surface area contributed by atoms with Gasteiger partial charge in [-0.2, -0.15) is 11.8 Å². The zero-order valence-corrected chi connectivity index (χ0v) is 10.8. The van der Waals surface area contributed by atoms with E-state index in [1.54, 1.807) is 6.26 Å². The second-order valence-corrected chi connectivity index (χ2v) is 6.75. The molecule has 0 bridgehead atoms. The van der Waals surface area contributed by atoms with Crippen molar-refractivity contribution < 1.29 is 4.21 Å². The van der Waals surface area contributed by atoms with Gasteiger partial charge in [0.25, 0.3) is 0 Å². The largest absolute Gasteiger partial charge is 0.311 e. The van der Waals surface area contributed by atoms with Gasteiger partial charge in [-0.25, -0.2) is 0 Å². The molecule has 1 saturated heterocycles. The molecule has 0 aliphatic carbocycles. The summed E-state index contributed by atoms with van der Waals surface area (Å²) in [5, 5.41) is 3.62. The van der Waals surface area contributed by atoms with Crippen LogP contribution in [0.1, 0.15) is 26.2 Å². The van der Waals surface area contributed by atoms with E-state index in [2.05, 4.69) is 12.2 Å². The molecule has 1 aliphatic rings. The highest BCUT2D eigenvalue weighted by atomic mass is 32.2. The minimum Gasteiger partial charge on any atom is -0.311 e. The lowest BCUT2D eigenvalue weighted by Crippen LogP contribution is -2.40. The average molecular weight is 235 g/mol. The van der Waals surface area contributed by atoms with E-state index in [4.69, 9.17) is 0 Å². The van der Waals surface area contributed by atoms with Gasteiger partial charge in [0, 0.05) is 40.6 Å². The van der Waals surface area contributed by atoms with Crippen LogP contribution in [0.5, 0.6) is 0 Å². The number of rotatable bonds is 5. The van der Waals surface area contributed by atoms with Gasteiger partial charge in [0.05, 0.1) is 0 Å². The van der Waals surface area contributed by atoms with Crippen molar-refractivity contribution in [2.45, 2.75) is 38.3 Å². The normalized spacial score (nSPS) is 27.1. The van der Waals surface area contributed by atoms with Crippen LogP contribution in [0.25, 0.3) is 0 Å². The quantitative estimate of drug-likeness (QED) is 0.785. The lowest BCUT2D eigenvalue weighted by Gasteiger charge is -2.26. The van der Waals surface area contributed by atoms with E-state index < -0.39 is 10.8 Å². The van der Waals surface area contributed by atoms with Gasteiger partial charge in [-0.05, 0) is 31.9 Å². The summed E-state index contributed by atoms with van der Waals surface area (Å²) < 4.78 is 10.9. The Bertz CT molecular complexity index is 181. The topological polar surface area (TPSA) is 29.1 Å². The molecule has 1 aliphatic heterocycles. The van der Waals surface area contributed by atoms with Crippen molar-refractivity contribution in [3.63, 3.8) is 0 Å². The molecule has 84 valence electrons. The summed E-state index contributed by atoms with van der Waals surface area (Å²) in [5.41, 5.74) is 0. The first kappa shape index (κ1) is 12.5. The van der Waals surface area contributed by atoms with Crippen molar-refractivity contribution in [3.05, 3.63) is 0 Å². The highest BCUT2D eigenvalue weighted by Gasteiger charge is 2.15. The molecule has 0 saturated carbocycles. The second-order valence-electron chi connectivity index (χ2n) is 4.05. The Balaban J connectivity index is 2.11. The van der Waals surface area contributed by atoms with E-state index in [0.29, 0.717) is 12.1 Å². The highest BCUT2D eigenvalue weighted by Crippen LogP contribution is 2.17. The van der Waals surface area contributed by atoms with E-state index in [0.717, 1.165) is 12.2 Å². The molecule has 0 spiro atoms. The zero-order chi connectivity index (χ0) is 10.4. The van der Waals surface area contributed by atoms with Gasteiger partial charge >= 0.3 is 0 Å². The van der Waals surface area contributed by atoms with Crippen LogP contribution in [0.2, 0.25) is 0 Å². The van der Waals surface area contributed by atoms with Crippen molar-refractivity contribution in [2.75, 3.05) is 23.5 Å². The fraction of sp³-hybridized carbons (Fsp3) is 1.00. The standard InChI is InChI=1S/C10H21NOS2/c1-9(5-7-14(2)12)11-10-4-3-6-13-8-10/h9-11H,3-8H2,1-2H3. The maximum atomic E-state index is 10.9. The first-order chi connectivity index (χ1) is 6.68. The van der Waals surface area contributed by atoms with Crippen LogP contribution in [-0.4, -0.2) is 39.8 Å². The molecule has 1 fully saturated rings. The molecule has 2 nitrogen and oxygen atoms in total. The molecule has 3 unspecified atom stereocenters. The molecular formula is C10H21NOS2. The van der Waals surface area contributed by atoms with Crippen LogP contribution < -0.4 is 5.32 Å². The molecule has 0 aromatic heterocycles. The van der Waals surface area contributed by atoms with Crippen LogP contribution in [0.15, 0.2) is 0 Å². The lowest BCUT2D eigenvalue weighted by molar-refractivity contribution is 0.436. The smallest absolute Gasteiger partial charge is 0.0246 e. The zero-order valence-electron chi connectivity index (χ0n) is 9.12. The Labute approximate surface area is 94.1 Å². The van der Waals surface area contributed by atoms with Gasteiger partial charge in [-0.15, -0.1) is 0 Å². The maximum Gasteiger partial charge on any atom is 0.0246 e. The molecule has 3 atom stereocenters. The fourth-order valence-corrected chi connectivity index (χ4v) is 3.47. The van der Waals surface area contributed by atoms with Crippen LogP contribution in [0.3, 0.4) is 0 Å². The van der Waals surface area contributed by atoms with Gasteiger partial charge in [0.15, 0.2) is 0 Å². The first-order valence-corrected chi connectivity index (χ1v) is 8.20. The average Bonchev–Trinajstić information content (AvgIpc) is 2.16. The van der Waals surface area contributed by atoms with E-state index >= 15 is 0 Å². The maximum absolute atomic E-state index is 10.9. The monoisotopic (exact) mass is 235 g/mol. The molecule has 0 aromatic rings. The highest BCUT2D eigenvalue weighted by molar-refractivity contribution is 7.99. The Kier molecular flexibility index (Phi) is 6.13. The lowest BCUT2D eigenvalue weighted by atomic mass is 10.1. The van der Waals surface area contributed by atoms with Gasteiger partial charge in [0.1, 0.15) is 0 Å². The summed E-state index contributed by atoms with van der Waals surface area (Å²) >= 11 is 2.05. The van der Waals surface area contributed by atoms with Crippen molar-refractivity contribution in [1.82, 2.24) is 5.32 Å². The van der Waals surface area contributed by atoms with Gasteiger partial charge in [-0.3, -0.25) is 4.21 Å². The molecule has 0 radical (unpaired) electrons. The fourth-order valence-electron chi connectivity index (χ4n) is 1.70. The van der Waals surface area contributed by atoms with Crippen LogP contribution in [-0.2, 0) is 10.8 Å². The van der Waals surface area contributed by atoms with Crippen molar-refractivity contribution in [3.8, 4) is 0 Å². The number of thioether (sulfide) groups is 1. The van der Waals surface area contributed by atoms with Gasteiger partial charge < -0.3 is 5.32 Å². The molecular weight excluding hydrogens is 214 g/mol. The van der Waals surface area contributed by atoms with E-state index in [1.165, 1.54) is 24.3 Å². The van der Waals surface area contributed by atoms with Crippen LogP contribution in [0.4, 0.5) is 0 Å². The van der Waals surface area contributed by atoms with E-state index in [9.17, 15) is 4.21 Å². The van der Waals surface area contributed by atoms with Crippen LogP contribution in [0, 0.1) is 0 Å². The predicted molar refractivity (Wildman–Crippen MR) is 66.5 cm³/mol. The Morgan fingerprint density at radius 2 is 2.43 bits per heavy atom. The number of nitrogens with one attached hydrogen (secondary N) is 1. The summed E-state index contributed by atoms with van der Waals surface area (Å²) in [7, 11) is -0.638. The third-order valence-corrected chi connectivity index (χ3v) is 4.54. The van der Waals surface area contributed by atoms with Crippen molar-refractivity contribution in [2.24, 2.45) is 0 Å². The second kappa shape index (κ2) is 6.85. The minimum atomic E-state index is -0.638. The minimum absolute atomic E-state index is 0.516. The molecule has 1 heterocycles.